The molecule has 1 aliphatic heterocycles. The van der Waals surface area contributed by atoms with Crippen molar-refractivity contribution in [3.8, 4) is 0 Å². The van der Waals surface area contributed by atoms with Gasteiger partial charge in [0.25, 0.3) is 0 Å². The summed E-state index contributed by atoms with van der Waals surface area (Å²) in [6.07, 6.45) is 59.0. The Morgan fingerprint density at radius 3 is 0.727 bits per heavy atom. The third-order valence-corrected chi connectivity index (χ3v) is 16.3. The van der Waals surface area contributed by atoms with E-state index in [0.29, 0.717) is 0 Å². The minimum Gasteiger partial charge on any atom is -0.493 e. The molecule has 0 bridgehead atoms. The number of nitrogens with zero attached hydrogens (tertiary/aromatic N) is 2. The SMILES string of the molecule is CCCCC1=C(c2cc(CCCC)c(CCCC)c(CCCC)c2)[N+](=[N-])C(c2cc(CCCC)c(CCCC)c(CCCC)c2)=C1CCCC.[CH2-]CCCCCCCCCCCC.[CH2-]CCCCCCCCCCCC.[Pd+2]. The number of rotatable bonds is 46. The number of allylic oxidation sites excluding steroid dienone is 2. The van der Waals surface area contributed by atoms with Gasteiger partial charge in [-0.1, -0.05) is 249 Å². The molecule has 3 rings (SSSR count). The van der Waals surface area contributed by atoms with E-state index in [1.54, 1.807) is 15.8 Å². The third-order valence-electron chi connectivity index (χ3n) is 16.3. The maximum absolute atomic E-state index is 12.7. The molecule has 0 fully saturated rings. The molecule has 0 spiro atoms. The Kier molecular flexibility index (Phi) is 51.0. The monoisotopic (exact) mass is 1150 g/mol. The van der Waals surface area contributed by atoms with Gasteiger partial charge in [0.05, 0.1) is 0 Å². The second-order valence-electron chi connectivity index (χ2n) is 23.4. The Labute approximate surface area is 497 Å². The van der Waals surface area contributed by atoms with Crippen LogP contribution in [0.15, 0.2) is 35.4 Å². The van der Waals surface area contributed by atoms with Gasteiger partial charge in [-0.2, -0.15) is 12.8 Å². The molecule has 1 aliphatic rings. The maximum atomic E-state index is 12.7. The van der Waals surface area contributed by atoms with Crippen LogP contribution in [0.1, 0.15) is 371 Å². The van der Waals surface area contributed by atoms with Gasteiger partial charge >= 0.3 is 20.4 Å². The Morgan fingerprint density at radius 2 is 0.494 bits per heavy atom. The van der Waals surface area contributed by atoms with E-state index in [-0.39, 0.29) is 20.4 Å². The molecule has 0 amide bonds. The van der Waals surface area contributed by atoms with E-state index in [2.05, 4.69) is 107 Å². The van der Waals surface area contributed by atoms with Gasteiger partial charge in [-0.05, 0) is 160 Å². The van der Waals surface area contributed by atoms with Crippen molar-refractivity contribution in [1.82, 2.24) is 0 Å². The zero-order valence-corrected chi connectivity index (χ0v) is 55.0. The van der Waals surface area contributed by atoms with Crippen molar-refractivity contribution in [2.75, 3.05) is 0 Å². The molecule has 2 aromatic rings. The van der Waals surface area contributed by atoms with Crippen molar-refractivity contribution in [3.63, 3.8) is 0 Å². The molecular formula is C74H130N2Pd. The molecule has 446 valence electrons. The molecule has 0 atom stereocenters. The number of hydrogen-bond acceptors (Lipinski definition) is 0. The summed E-state index contributed by atoms with van der Waals surface area (Å²) in [7, 11) is 0. The van der Waals surface area contributed by atoms with Gasteiger partial charge in [-0.3, -0.25) is 0 Å². The Morgan fingerprint density at radius 1 is 0.286 bits per heavy atom. The van der Waals surface area contributed by atoms with Crippen LogP contribution in [0.5, 0.6) is 0 Å². The van der Waals surface area contributed by atoms with Gasteiger partial charge in [-0.25, -0.2) is 4.70 Å². The second-order valence-corrected chi connectivity index (χ2v) is 23.4. The van der Waals surface area contributed by atoms with Crippen LogP contribution in [0.4, 0.5) is 0 Å². The van der Waals surface area contributed by atoms with Gasteiger partial charge in [0, 0.05) is 22.3 Å². The fraction of sp³-hybridized carbons (Fsp3) is 0.757. The average Bonchev–Trinajstić information content (AvgIpc) is 3.74. The third kappa shape index (κ3) is 31.8. The summed E-state index contributed by atoms with van der Waals surface area (Å²) in [5.74, 6) is 0. The standard InChI is InChI=1S/C48H76N2.2C13H27.Pd/c1-9-17-25-37-33-41(34-38(26-18-10-2)43(37)29-21-13-5)47-45(31-23-15-7)46(32-24-16-8)48(50(47)49)42-35-39(27-19-11-3)44(30-22-14-6)40(36-42)28-20-12-4;2*1-3-5-7-9-11-13-12-10-8-6-4-2;/h33-36H,9-32H2,1-8H3;2*1,3-13H2,2H3;/q;2*-1;+2. The fourth-order valence-electron chi connectivity index (χ4n) is 11.4. The molecule has 0 aromatic heterocycles. The predicted molar refractivity (Wildman–Crippen MR) is 345 cm³/mol. The molecular weight excluding hydrogens is 1020 g/mol. The van der Waals surface area contributed by atoms with Gasteiger partial charge in [0.2, 0.25) is 11.4 Å². The summed E-state index contributed by atoms with van der Waals surface area (Å²) in [5.41, 5.74) is 29.5. The summed E-state index contributed by atoms with van der Waals surface area (Å²) >= 11 is 0. The van der Waals surface area contributed by atoms with E-state index in [4.69, 9.17) is 0 Å². The Bertz CT molecular complexity index is 1570. The summed E-state index contributed by atoms with van der Waals surface area (Å²) < 4.78 is 1.69. The fourth-order valence-corrected chi connectivity index (χ4v) is 11.4. The first kappa shape index (κ1) is 75.2. The first-order valence-electron chi connectivity index (χ1n) is 34.1. The van der Waals surface area contributed by atoms with Crippen LogP contribution in [-0.2, 0) is 58.9 Å². The minimum atomic E-state index is 0. The number of unbranched alkanes of at least 4 members (excludes halogenated alkanes) is 28. The van der Waals surface area contributed by atoms with Crippen LogP contribution in [0.2, 0.25) is 0 Å². The molecule has 0 N–H and O–H groups in total. The molecule has 1 heterocycles. The zero-order valence-electron chi connectivity index (χ0n) is 53.5. The van der Waals surface area contributed by atoms with Gasteiger partial charge in [-0.15, -0.1) is 0 Å². The van der Waals surface area contributed by atoms with Crippen LogP contribution < -0.4 is 0 Å². The number of aryl methyl sites for hydroxylation is 4. The first-order valence-corrected chi connectivity index (χ1v) is 34.1. The van der Waals surface area contributed by atoms with Crippen LogP contribution >= 0.6 is 0 Å². The van der Waals surface area contributed by atoms with Crippen molar-refractivity contribution in [3.05, 3.63) is 99.3 Å². The quantitative estimate of drug-likeness (QED) is 0.0273. The van der Waals surface area contributed by atoms with E-state index in [9.17, 15) is 5.53 Å². The van der Waals surface area contributed by atoms with Gasteiger partial charge in [0.1, 0.15) is 0 Å². The predicted octanol–water partition coefficient (Wildman–Crippen LogP) is 25.6. The normalized spacial score (nSPS) is 12.3. The summed E-state index contributed by atoms with van der Waals surface area (Å²) in [4.78, 5) is 0. The molecule has 0 unspecified atom stereocenters. The van der Waals surface area contributed by atoms with E-state index < -0.39 is 0 Å². The van der Waals surface area contributed by atoms with E-state index in [1.165, 1.54) is 263 Å². The van der Waals surface area contributed by atoms with Crippen LogP contribution in [0.3, 0.4) is 0 Å². The molecule has 0 saturated heterocycles. The van der Waals surface area contributed by atoms with E-state index >= 15 is 0 Å². The van der Waals surface area contributed by atoms with E-state index in [1.807, 2.05) is 0 Å². The zero-order chi connectivity index (χ0) is 55.9. The number of benzene rings is 2. The molecule has 2 nitrogen and oxygen atoms in total. The molecule has 77 heavy (non-hydrogen) atoms. The molecule has 0 saturated carbocycles. The van der Waals surface area contributed by atoms with Gasteiger partial charge < -0.3 is 19.4 Å². The number of hydrogen-bond donors (Lipinski definition) is 0. The smallest absolute Gasteiger partial charge is 0.493 e. The van der Waals surface area contributed by atoms with E-state index in [0.717, 1.165) is 88.4 Å². The minimum absolute atomic E-state index is 0. The largest absolute Gasteiger partial charge is 2.00 e. The van der Waals surface area contributed by atoms with Crippen LogP contribution in [0.25, 0.3) is 16.9 Å². The molecule has 0 aliphatic carbocycles. The Hall–Kier alpha value is -1.82. The van der Waals surface area contributed by atoms with Crippen molar-refractivity contribution >= 4 is 11.4 Å². The maximum Gasteiger partial charge on any atom is 2.00 e. The van der Waals surface area contributed by atoms with Crippen molar-refractivity contribution < 1.29 is 25.1 Å². The van der Waals surface area contributed by atoms with Crippen molar-refractivity contribution in [2.24, 2.45) is 0 Å². The van der Waals surface area contributed by atoms with Gasteiger partial charge in [0.15, 0.2) is 0 Å². The molecule has 3 heteroatoms. The molecule has 0 radical (unpaired) electrons. The van der Waals surface area contributed by atoms with Crippen LogP contribution in [-0.4, -0.2) is 4.70 Å². The van der Waals surface area contributed by atoms with Crippen molar-refractivity contribution in [2.45, 2.75) is 365 Å². The Balaban J connectivity index is 0.00000175. The second kappa shape index (κ2) is 52.3. The molecule has 2 aromatic carbocycles. The summed E-state index contributed by atoms with van der Waals surface area (Å²) in [5, 5.41) is 0. The van der Waals surface area contributed by atoms with Crippen LogP contribution in [0, 0.1) is 13.8 Å². The van der Waals surface area contributed by atoms with Crippen molar-refractivity contribution in [1.29, 1.82) is 0 Å². The first-order chi connectivity index (χ1) is 37.3. The average molecular weight is 1150 g/mol. The summed E-state index contributed by atoms with van der Waals surface area (Å²) in [6, 6.07) is 10.0. The summed E-state index contributed by atoms with van der Waals surface area (Å²) in [6.45, 7) is 30.8. The topological polar surface area (TPSA) is 25.3 Å².